The summed E-state index contributed by atoms with van der Waals surface area (Å²) in [5, 5.41) is 5.74. The lowest BCUT2D eigenvalue weighted by Crippen LogP contribution is -2.19. The number of nitrogens with one attached hydrogen (secondary N) is 2. The summed E-state index contributed by atoms with van der Waals surface area (Å²) in [5.74, 6) is 2.46. The van der Waals surface area contributed by atoms with Gasteiger partial charge in [0, 0.05) is 37.1 Å². The highest BCUT2D eigenvalue weighted by atomic mass is 32.2. The van der Waals surface area contributed by atoms with Gasteiger partial charge < -0.3 is 15.5 Å². The zero-order valence-corrected chi connectivity index (χ0v) is 18.7. The molecule has 1 aromatic heterocycles. The van der Waals surface area contributed by atoms with Gasteiger partial charge in [0.2, 0.25) is 0 Å². The molecular formula is C23H28N5OS+. The van der Waals surface area contributed by atoms with Crippen molar-refractivity contribution < 1.29 is 4.79 Å². The molecule has 0 aliphatic carbocycles. The second kappa shape index (κ2) is 10.1. The number of aryl methyl sites for hydroxylation is 1. The summed E-state index contributed by atoms with van der Waals surface area (Å²) in [6.45, 7) is 2.09. The van der Waals surface area contributed by atoms with Crippen LogP contribution in [0.1, 0.15) is 18.2 Å². The van der Waals surface area contributed by atoms with Gasteiger partial charge in [-0.15, -0.1) is 0 Å². The van der Waals surface area contributed by atoms with Gasteiger partial charge in [0.25, 0.3) is 0 Å². The molecule has 0 saturated carbocycles. The number of carbonyl (C=O) groups excluding carboxylic acids is 1. The molecule has 0 spiro atoms. The topological polar surface area (TPSA) is 70.2 Å². The molecule has 0 fully saturated rings. The Labute approximate surface area is 182 Å². The summed E-state index contributed by atoms with van der Waals surface area (Å²) in [5.41, 5.74) is 4.59. The summed E-state index contributed by atoms with van der Waals surface area (Å²) < 4.78 is 0. The van der Waals surface area contributed by atoms with Crippen molar-refractivity contribution in [3.8, 4) is 11.4 Å². The summed E-state index contributed by atoms with van der Waals surface area (Å²) in [4.78, 5) is 23.7. The largest absolute Gasteiger partial charge is 0.363 e. The van der Waals surface area contributed by atoms with E-state index in [2.05, 4.69) is 28.8 Å². The Bertz CT molecular complexity index is 1000. The molecule has 0 aliphatic heterocycles. The Morgan fingerprint density at radius 1 is 1.00 bits per heavy atom. The van der Waals surface area contributed by atoms with Gasteiger partial charge in [-0.2, -0.15) is 0 Å². The molecule has 2 N–H and O–H groups in total. The molecule has 2 aromatic carbocycles. The minimum atomic E-state index is -0.272. The smallest absolute Gasteiger partial charge is 0.323 e. The van der Waals surface area contributed by atoms with E-state index in [4.69, 9.17) is 4.98 Å². The molecule has 0 atom stereocenters. The van der Waals surface area contributed by atoms with Crippen molar-refractivity contribution in [2.45, 2.75) is 19.1 Å². The van der Waals surface area contributed by atoms with Crippen LogP contribution in [0.25, 0.3) is 11.4 Å². The van der Waals surface area contributed by atoms with Gasteiger partial charge in [0.05, 0.1) is 11.9 Å². The van der Waals surface area contributed by atoms with Gasteiger partial charge >= 0.3 is 6.03 Å². The fourth-order valence-corrected chi connectivity index (χ4v) is 3.44. The number of carbonyl (C=O) groups is 1. The van der Waals surface area contributed by atoms with Crippen LogP contribution in [0.15, 0.2) is 54.6 Å². The lowest BCUT2D eigenvalue weighted by atomic mass is 10.1. The van der Waals surface area contributed by atoms with E-state index in [0.717, 1.165) is 34.9 Å². The molecule has 3 rings (SSSR count). The van der Waals surface area contributed by atoms with Crippen LogP contribution in [0.2, 0.25) is 0 Å². The Morgan fingerprint density at radius 2 is 1.73 bits per heavy atom. The fourth-order valence-electron chi connectivity index (χ4n) is 2.95. The molecular weight excluding hydrogens is 394 g/mol. The summed E-state index contributed by atoms with van der Waals surface area (Å²) in [7, 11) is 3.95. The van der Waals surface area contributed by atoms with Gasteiger partial charge in [0.1, 0.15) is 11.6 Å². The van der Waals surface area contributed by atoms with Crippen molar-refractivity contribution in [1.82, 2.24) is 9.97 Å². The monoisotopic (exact) mass is 422 g/mol. The van der Waals surface area contributed by atoms with Gasteiger partial charge in [-0.1, -0.05) is 19.1 Å². The molecule has 0 radical (unpaired) electrons. The first kappa shape index (κ1) is 21.6. The van der Waals surface area contributed by atoms with Crippen LogP contribution >= 0.6 is 0 Å². The molecule has 3 aromatic rings. The van der Waals surface area contributed by atoms with E-state index in [0.29, 0.717) is 11.5 Å². The van der Waals surface area contributed by atoms with E-state index >= 15 is 0 Å². The van der Waals surface area contributed by atoms with Crippen LogP contribution in [-0.2, 0) is 23.9 Å². The van der Waals surface area contributed by atoms with E-state index in [9.17, 15) is 4.79 Å². The highest BCUT2D eigenvalue weighted by Crippen LogP contribution is 2.22. The minimum Gasteiger partial charge on any atom is -0.363 e. The van der Waals surface area contributed by atoms with Crippen molar-refractivity contribution in [3.63, 3.8) is 0 Å². The number of thiol groups is 1. The Kier molecular flexibility index (Phi) is 7.30. The van der Waals surface area contributed by atoms with Crippen LogP contribution in [0.4, 0.5) is 22.0 Å². The number of aromatic nitrogens is 2. The van der Waals surface area contributed by atoms with Gasteiger partial charge in [-0.05, 0) is 60.1 Å². The number of anilines is 3. The van der Waals surface area contributed by atoms with Crippen LogP contribution in [0.5, 0.6) is 0 Å². The Morgan fingerprint density at radius 3 is 2.40 bits per heavy atom. The normalized spacial score (nSPS) is 10.5. The number of amides is 2. The van der Waals surface area contributed by atoms with Crippen LogP contribution in [0, 0.1) is 0 Å². The second-order valence-electron chi connectivity index (χ2n) is 7.12. The molecule has 6 nitrogen and oxygen atoms in total. The first-order chi connectivity index (χ1) is 14.5. The van der Waals surface area contributed by atoms with Crippen molar-refractivity contribution in [1.29, 1.82) is 0 Å². The predicted molar refractivity (Wildman–Crippen MR) is 129 cm³/mol. The van der Waals surface area contributed by atoms with Gasteiger partial charge in [0.15, 0.2) is 5.82 Å². The highest BCUT2D eigenvalue weighted by molar-refractivity contribution is 7.76. The first-order valence-electron chi connectivity index (χ1n) is 9.86. The second-order valence-corrected chi connectivity index (χ2v) is 8.07. The number of nitrogens with zero attached hydrogens (tertiary/aromatic N) is 3. The van der Waals surface area contributed by atoms with Crippen molar-refractivity contribution in [2.24, 2.45) is 0 Å². The Hall–Kier alpha value is -3.06. The third-order valence-corrected chi connectivity index (χ3v) is 5.18. The zero-order chi connectivity index (χ0) is 21.5. The third-order valence-electron chi connectivity index (χ3n) is 4.54. The lowest BCUT2D eigenvalue weighted by Gasteiger charge is -2.13. The average Bonchev–Trinajstić information content (AvgIpc) is 2.74. The maximum Gasteiger partial charge on any atom is 0.323 e. The van der Waals surface area contributed by atoms with Crippen molar-refractivity contribution >= 4 is 35.0 Å². The highest BCUT2D eigenvalue weighted by Gasteiger charge is 2.11. The molecule has 0 saturated heterocycles. The number of hydrogen-bond acceptors (Lipinski definition) is 4. The van der Waals surface area contributed by atoms with E-state index in [1.807, 2.05) is 73.6 Å². The fraction of sp³-hybridized carbons (Fsp3) is 0.261. The summed E-state index contributed by atoms with van der Waals surface area (Å²) >= 11 is 1.26. The van der Waals surface area contributed by atoms with Crippen LogP contribution < -0.4 is 15.5 Å². The van der Waals surface area contributed by atoms with Gasteiger partial charge in [-0.25, -0.2) is 14.8 Å². The summed E-state index contributed by atoms with van der Waals surface area (Å²) in [6.07, 6.45) is 3.04. The standard InChI is InChI=1S/C23H27N5OS/c1-5-16-7-6-8-19(13-16)26-23(29)25-18-11-9-17(10-12-18)22-24-20(15-30-4)14-21(27-22)28(2)3/h6-14H,5,15H2,1-4H3,(H2,25,26,29)/p+1. The van der Waals surface area contributed by atoms with E-state index in [1.54, 1.807) is 0 Å². The molecule has 30 heavy (non-hydrogen) atoms. The first-order valence-corrected chi connectivity index (χ1v) is 11.4. The average molecular weight is 423 g/mol. The molecule has 1 heterocycles. The minimum absolute atomic E-state index is 0.272. The number of rotatable bonds is 7. The molecule has 0 bridgehead atoms. The van der Waals surface area contributed by atoms with Crippen molar-refractivity contribution in [2.75, 3.05) is 35.9 Å². The number of hydrogen-bond donors (Lipinski definition) is 2. The molecule has 2 amide bonds. The lowest BCUT2D eigenvalue weighted by molar-refractivity contribution is 0.262. The molecule has 7 heteroatoms. The third kappa shape index (κ3) is 5.73. The molecule has 0 unspecified atom stereocenters. The summed E-state index contributed by atoms with van der Waals surface area (Å²) in [6, 6.07) is 17.2. The molecule has 156 valence electrons. The maximum absolute atomic E-state index is 12.3. The van der Waals surface area contributed by atoms with Crippen molar-refractivity contribution in [3.05, 3.63) is 65.9 Å². The van der Waals surface area contributed by atoms with Crippen LogP contribution in [0.3, 0.4) is 0 Å². The van der Waals surface area contributed by atoms with E-state index < -0.39 is 0 Å². The number of urea groups is 1. The van der Waals surface area contributed by atoms with E-state index in [-0.39, 0.29) is 6.03 Å². The SMILES string of the molecule is CCc1cccc(NC(=O)Nc2ccc(-c3nc(C[SH+]C)cc(N(C)C)n3)cc2)c1. The maximum atomic E-state index is 12.3. The van der Waals surface area contributed by atoms with Gasteiger partial charge in [-0.3, -0.25) is 0 Å². The van der Waals surface area contributed by atoms with E-state index in [1.165, 1.54) is 17.3 Å². The van der Waals surface area contributed by atoms with Crippen LogP contribution in [-0.4, -0.2) is 36.4 Å². The molecule has 0 aliphatic rings. The zero-order valence-electron chi connectivity index (χ0n) is 17.8. The quantitative estimate of drug-likeness (QED) is 0.438. The predicted octanol–water partition coefficient (Wildman–Crippen LogP) is 4.36. The number of benzene rings is 2. The Balaban J connectivity index is 1.72.